The largest absolute Gasteiger partial charge is 0.416 e. The maximum atomic E-state index is 13.4. The number of halogens is 3. The standard InChI is InChI=1S/C24H19F3N2OS/c1-15-8-9-16(2)21-20(15)28-23(31-21)29(14-17-6-4-3-5-7-17)22(30)18-10-12-19(13-11-18)24(25,26)27/h3-13H,14H2,1-2H3. The van der Waals surface area contributed by atoms with Gasteiger partial charge >= 0.3 is 6.18 Å². The topological polar surface area (TPSA) is 33.2 Å². The van der Waals surface area contributed by atoms with Gasteiger partial charge in [0.2, 0.25) is 0 Å². The van der Waals surface area contributed by atoms with E-state index in [2.05, 4.69) is 0 Å². The van der Waals surface area contributed by atoms with Gasteiger partial charge in [0.05, 0.1) is 22.3 Å². The summed E-state index contributed by atoms with van der Waals surface area (Å²) in [7, 11) is 0. The van der Waals surface area contributed by atoms with Crippen LogP contribution in [-0.2, 0) is 12.7 Å². The van der Waals surface area contributed by atoms with Crippen molar-refractivity contribution in [3.8, 4) is 0 Å². The second-order valence-corrected chi connectivity index (χ2v) is 8.30. The Labute approximate surface area is 181 Å². The lowest BCUT2D eigenvalue weighted by molar-refractivity contribution is -0.137. The monoisotopic (exact) mass is 440 g/mol. The third kappa shape index (κ3) is 4.32. The predicted molar refractivity (Wildman–Crippen MR) is 117 cm³/mol. The van der Waals surface area contributed by atoms with Gasteiger partial charge in [-0.3, -0.25) is 9.69 Å². The van der Waals surface area contributed by atoms with Crippen molar-refractivity contribution in [3.05, 3.63) is 94.5 Å². The van der Waals surface area contributed by atoms with Crippen molar-refractivity contribution < 1.29 is 18.0 Å². The van der Waals surface area contributed by atoms with E-state index in [1.165, 1.54) is 28.4 Å². The fraction of sp³-hybridized carbons (Fsp3) is 0.167. The molecule has 3 aromatic carbocycles. The number of hydrogen-bond donors (Lipinski definition) is 0. The zero-order valence-corrected chi connectivity index (χ0v) is 17.7. The first kappa shape index (κ1) is 21.1. The second-order valence-electron chi connectivity index (χ2n) is 7.33. The van der Waals surface area contributed by atoms with Crippen LogP contribution in [0.3, 0.4) is 0 Å². The van der Waals surface area contributed by atoms with Gasteiger partial charge in [-0.1, -0.05) is 53.8 Å². The number of nitrogens with zero attached hydrogens (tertiary/aromatic N) is 2. The van der Waals surface area contributed by atoms with Gasteiger partial charge in [0.15, 0.2) is 5.13 Å². The number of carbonyl (C=O) groups is 1. The second kappa shape index (κ2) is 8.15. The molecule has 3 nitrogen and oxygen atoms in total. The molecular formula is C24H19F3N2OS. The smallest absolute Gasteiger partial charge is 0.279 e. The quantitative estimate of drug-likeness (QED) is 0.350. The van der Waals surface area contributed by atoms with Crippen LogP contribution in [0.5, 0.6) is 0 Å². The number of aromatic nitrogens is 1. The van der Waals surface area contributed by atoms with Gasteiger partial charge in [-0.2, -0.15) is 13.2 Å². The first-order valence-electron chi connectivity index (χ1n) is 9.64. The van der Waals surface area contributed by atoms with E-state index in [9.17, 15) is 18.0 Å². The number of alkyl halides is 3. The summed E-state index contributed by atoms with van der Waals surface area (Å²) in [5.74, 6) is -0.396. The zero-order chi connectivity index (χ0) is 22.2. The minimum atomic E-state index is -4.45. The summed E-state index contributed by atoms with van der Waals surface area (Å²) in [4.78, 5) is 19.6. The SMILES string of the molecule is Cc1ccc(C)c2sc(N(Cc3ccccc3)C(=O)c3ccc(C(F)(F)F)cc3)nc12. The summed E-state index contributed by atoms with van der Waals surface area (Å²) >= 11 is 1.41. The first-order valence-corrected chi connectivity index (χ1v) is 10.5. The molecule has 31 heavy (non-hydrogen) atoms. The van der Waals surface area contributed by atoms with Crippen LogP contribution in [0.2, 0.25) is 0 Å². The lowest BCUT2D eigenvalue weighted by Gasteiger charge is -2.20. The van der Waals surface area contributed by atoms with E-state index in [-0.39, 0.29) is 12.1 Å². The summed E-state index contributed by atoms with van der Waals surface area (Å²) in [5, 5.41) is 0.515. The van der Waals surface area contributed by atoms with Gasteiger partial charge in [-0.25, -0.2) is 4.98 Å². The fourth-order valence-corrected chi connectivity index (χ4v) is 4.42. The van der Waals surface area contributed by atoms with Gasteiger partial charge in [0.1, 0.15) is 0 Å². The highest BCUT2D eigenvalue weighted by Crippen LogP contribution is 2.35. The van der Waals surface area contributed by atoms with Gasteiger partial charge in [0.25, 0.3) is 5.91 Å². The van der Waals surface area contributed by atoms with Crippen LogP contribution >= 0.6 is 11.3 Å². The molecule has 0 atom stereocenters. The first-order chi connectivity index (χ1) is 14.7. The number of benzene rings is 3. The van der Waals surface area contributed by atoms with Crippen molar-refractivity contribution in [2.45, 2.75) is 26.6 Å². The number of hydrogen-bond acceptors (Lipinski definition) is 3. The maximum Gasteiger partial charge on any atom is 0.416 e. The molecule has 7 heteroatoms. The minimum Gasteiger partial charge on any atom is -0.279 e. The number of carbonyl (C=O) groups excluding carboxylic acids is 1. The van der Waals surface area contributed by atoms with Crippen LogP contribution in [0, 0.1) is 13.8 Å². The molecule has 0 bridgehead atoms. The molecule has 0 aliphatic carbocycles. The average molecular weight is 440 g/mol. The van der Waals surface area contributed by atoms with Crippen molar-refractivity contribution in [1.29, 1.82) is 0 Å². The fourth-order valence-electron chi connectivity index (χ4n) is 3.31. The summed E-state index contributed by atoms with van der Waals surface area (Å²) in [6.45, 7) is 4.21. The third-order valence-corrected chi connectivity index (χ3v) is 6.26. The maximum absolute atomic E-state index is 13.4. The van der Waals surface area contributed by atoms with E-state index in [4.69, 9.17) is 4.98 Å². The number of rotatable bonds is 4. The van der Waals surface area contributed by atoms with Crippen LogP contribution in [0.15, 0.2) is 66.7 Å². The Morgan fingerprint density at radius 2 is 1.58 bits per heavy atom. The van der Waals surface area contributed by atoms with Crippen molar-refractivity contribution in [1.82, 2.24) is 4.98 Å². The Bertz CT molecular complexity index is 1190. The molecule has 0 spiro atoms. The average Bonchev–Trinajstić information content (AvgIpc) is 3.21. The van der Waals surface area contributed by atoms with E-state index in [1.54, 1.807) is 0 Å². The van der Waals surface area contributed by atoms with Gasteiger partial charge < -0.3 is 0 Å². The van der Waals surface area contributed by atoms with E-state index in [1.807, 2.05) is 56.3 Å². The molecule has 0 aliphatic rings. The van der Waals surface area contributed by atoms with E-state index in [0.29, 0.717) is 5.13 Å². The molecule has 4 aromatic rings. The number of thiazole rings is 1. The lowest BCUT2D eigenvalue weighted by Crippen LogP contribution is -2.30. The molecule has 1 aromatic heterocycles. The van der Waals surface area contributed by atoms with Crippen molar-refractivity contribution in [2.75, 3.05) is 4.90 Å². The van der Waals surface area contributed by atoms with E-state index >= 15 is 0 Å². The molecule has 0 aliphatic heterocycles. The third-order valence-electron chi connectivity index (χ3n) is 5.05. The highest BCUT2D eigenvalue weighted by Gasteiger charge is 2.31. The van der Waals surface area contributed by atoms with Crippen molar-refractivity contribution in [3.63, 3.8) is 0 Å². The highest BCUT2D eigenvalue weighted by atomic mass is 32.1. The number of anilines is 1. The molecule has 0 fully saturated rings. The van der Waals surface area contributed by atoms with Crippen molar-refractivity contribution in [2.24, 2.45) is 0 Å². The Hall–Kier alpha value is -3.19. The normalized spacial score (nSPS) is 11.6. The van der Waals surface area contributed by atoms with Gasteiger partial charge in [0, 0.05) is 5.56 Å². The Morgan fingerprint density at radius 3 is 2.19 bits per heavy atom. The van der Waals surface area contributed by atoms with E-state index in [0.717, 1.165) is 39.0 Å². The Balaban J connectivity index is 1.77. The highest BCUT2D eigenvalue weighted by molar-refractivity contribution is 7.22. The Morgan fingerprint density at radius 1 is 0.935 bits per heavy atom. The number of amides is 1. The molecule has 0 saturated carbocycles. The number of aryl methyl sites for hydroxylation is 2. The van der Waals surface area contributed by atoms with Crippen LogP contribution in [0.25, 0.3) is 10.2 Å². The molecule has 0 N–H and O–H groups in total. The minimum absolute atomic E-state index is 0.177. The van der Waals surface area contributed by atoms with Crippen LogP contribution in [-0.4, -0.2) is 10.9 Å². The van der Waals surface area contributed by atoms with E-state index < -0.39 is 17.6 Å². The molecule has 4 rings (SSSR count). The summed E-state index contributed by atoms with van der Waals surface area (Å²) in [6.07, 6.45) is -4.45. The van der Waals surface area contributed by atoms with Gasteiger partial charge in [-0.15, -0.1) is 0 Å². The molecule has 0 saturated heterocycles. The predicted octanol–water partition coefficient (Wildman–Crippen LogP) is 6.78. The summed E-state index contributed by atoms with van der Waals surface area (Å²) < 4.78 is 39.8. The molecule has 0 radical (unpaired) electrons. The Kier molecular flexibility index (Phi) is 5.54. The van der Waals surface area contributed by atoms with Crippen LogP contribution in [0.1, 0.15) is 32.6 Å². The zero-order valence-electron chi connectivity index (χ0n) is 16.9. The number of fused-ring (bicyclic) bond motifs is 1. The molecule has 158 valence electrons. The van der Waals surface area contributed by atoms with Crippen LogP contribution in [0.4, 0.5) is 18.3 Å². The lowest BCUT2D eigenvalue weighted by atomic mass is 10.1. The summed E-state index contributed by atoms with van der Waals surface area (Å²) in [6, 6.07) is 17.7. The molecular weight excluding hydrogens is 421 g/mol. The summed E-state index contributed by atoms with van der Waals surface area (Å²) in [5.41, 5.74) is 3.19. The van der Waals surface area contributed by atoms with Crippen molar-refractivity contribution >= 4 is 32.6 Å². The molecule has 1 amide bonds. The van der Waals surface area contributed by atoms with Crippen LogP contribution < -0.4 is 4.90 Å². The molecule has 1 heterocycles. The molecule has 0 unspecified atom stereocenters. The van der Waals surface area contributed by atoms with Gasteiger partial charge in [-0.05, 0) is 54.8 Å².